The molecule has 0 spiro atoms. The molecule has 1 heterocycles. The summed E-state index contributed by atoms with van der Waals surface area (Å²) in [5, 5.41) is 9.51. The molecule has 0 bridgehead atoms. The highest BCUT2D eigenvalue weighted by Gasteiger charge is 2.45. The molecular weight excluding hydrogens is 409 g/mol. The Morgan fingerprint density at radius 3 is 2.00 bits per heavy atom. The van der Waals surface area contributed by atoms with Gasteiger partial charge in [-0.25, -0.2) is 9.36 Å². The van der Waals surface area contributed by atoms with Gasteiger partial charge in [0.15, 0.2) is 0 Å². The summed E-state index contributed by atoms with van der Waals surface area (Å²) in [5.74, 6) is 0. The third-order valence-corrected chi connectivity index (χ3v) is 6.03. The second-order valence-corrected chi connectivity index (χ2v) is 8.99. The lowest BCUT2D eigenvalue weighted by molar-refractivity contribution is -0.0436. The minimum absolute atomic E-state index is 0.0300. The van der Waals surface area contributed by atoms with Crippen LogP contribution in [0.15, 0.2) is 60.7 Å². The van der Waals surface area contributed by atoms with Crippen molar-refractivity contribution in [1.29, 1.82) is 0 Å². The number of nitrogens with zero attached hydrogens (tertiary/aromatic N) is 1. The summed E-state index contributed by atoms with van der Waals surface area (Å²) >= 11 is 0. The van der Waals surface area contributed by atoms with Crippen LogP contribution in [0.25, 0.3) is 0 Å². The van der Waals surface area contributed by atoms with E-state index >= 15 is 0 Å². The minimum Gasteiger partial charge on any atom is -0.465 e. The molecule has 2 aromatic carbocycles. The molecule has 0 radical (unpaired) electrons. The zero-order valence-electron chi connectivity index (χ0n) is 17.0. The number of carbonyl (C=O) groups is 1. The van der Waals surface area contributed by atoms with Gasteiger partial charge in [0.25, 0.3) is 0 Å². The van der Waals surface area contributed by atoms with Crippen molar-refractivity contribution in [2.24, 2.45) is 0 Å². The molecule has 0 saturated carbocycles. The molecule has 162 valence electrons. The first kappa shape index (κ1) is 22.5. The van der Waals surface area contributed by atoms with Crippen molar-refractivity contribution in [3.8, 4) is 0 Å². The first-order valence-corrected chi connectivity index (χ1v) is 11.0. The SMILES string of the molecule is CC1(C)OC[C@H](COP(=O)(OCc2ccccc2)OCc2ccccc2)N1C(=O)O. The van der Waals surface area contributed by atoms with Crippen molar-refractivity contribution in [2.75, 3.05) is 13.2 Å². The fraction of sp³-hybridized carbons (Fsp3) is 0.381. The lowest BCUT2D eigenvalue weighted by Crippen LogP contribution is -2.48. The number of carboxylic acid groups (broad SMARTS) is 1. The number of ether oxygens (including phenoxy) is 1. The molecule has 1 aliphatic rings. The van der Waals surface area contributed by atoms with E-state index in [2.05, 4.69) is 0 Å². The van der Waals surface area contributed by atoms with E-state index in [0.717, 1.165) is 16.0 Å². The van der Waals surface area contributed by atoms with Crippen molar-refractivity contribution >= 4 is 13.9 Å². The molecule has 0 aromatic heterocycles. The van der Waals surface area contributed by atoms with Gasteiger partial charge in [0.2, 0.25) is 0 Å². The molecule has 3 rings (SSSR count). The summed E-state index contributed by atoms with van der Waals surface area (Å²) in [6.07, 6.45) is -1.14. The van der Waals surface area contributed by atoms with Gasteiger partial charge in [0, 0.05) is 0 Å². The maximum Gasteiger partial charge on any atom is 0.475 e. The largest absolute Gasteiger partial charge is 0.475 e. The zero-order chi connectivity index (χ0) is 21.6. The van der Waals surface area contributed by atoms with Crippen LogP contribution in [0.2, 0.25) is 0 Å². The Bertz CT molecular complexity index is 828. The van der Waals surface area contributed by atoms with E-state index in [4.69, 9.17) is 18.3 Å². The number of hydrogen-bond acceptors (Lipinski definition) is 6. The van der Waals surface area contributed by atoms with E-state index in [1.54, 1.807) is 13.8 Å². The number of rotatable bonds is 9. The van der Waals surface area contributed by atoms with Gasteiger partial charge < -0.3 is 9.84 Å². The van der Waals surface area contributed by atoms with Crippen LogP contribution in [-0.4, -0.2) is 41.1 Å². The first-order chi connectivity index (χ1) is 14.3. The molecular formula is C21H26NO7P. The number of hydrogen-bond donors (Lipinski definition) is 1. The molecule has 0 unspecified atom stereocenters. The van der Waals surface area contributed by atoms with E-state index in [1.807, 2.05) is 60.7 Å². The van der Waals surface area contributed by atoms with Gasteiger partial charge in [-0.2, -0.15) is 0 Å². The van der Waals surface area contributed by atoms with Gasteiger partial charge in [0.1, 0.15) is 5.72 Å². The van der Waals surface area contributed by atoms with Crippen LogP contribution < -0.4 is 0 Å². The summed E-state index contributed by atoms with van der Waals surface area (Å²) in [4.78, 5) is 12.8. The van der Waals surface area contributed by atoms with Crippen LogP contribution in [0.5, 0.6) is 0 Å². The highest BCUT2D eigenvalue weighted by molar-refractivity contribution is 7.48. The number of phosphoric ester groups is 1. The summed E-state index contributed by atoms with van der Waals surface area (Å²) < 4.78 is 35.5. The molecule has 8 nitrogen and oxygen atoms in total. The van der Waals surface area contributed by atoms with Gasteiger partial charge in [-0.3, -0.25) is 18.5 Å². The monoisotopic (exact) mass is 435 g/mol. The standard InChI is InChI=1S/C21H26NO7P/c1-21(2)22(20(23)24)19(15-26-21)16-29-30(25,27-13-17-9-5-3-6-10-17)28-14-18-11-7-4-8-12-18/h3-12,19H,13-16H2,1-2H3,(H,23,24)/t19-/m1/s1. The second kappa shape index (κ2) is 9.73. The Hall–Kier alpha value is -2.22. The Morgan fingerprint density at radius 1 is 1.03 bits per heavy atom. The van der Waals surface area contributed by atoms with E-state index in [9.17, 15) is 14.5 Å². The van der Waals surface area contributed by atoms with Crippen molar-refractivity contribution < 1.29 is 32.8 Å². The smallest absolute Gasteiger partial charge is 0.465 e. The van der Waals surface area contributed by atoms with Gasteiger partial charge >= 0.3 is 13.9 Å². The molecule has 1 fully saturated rings. The molecule has 1 atom stereocenters. The highest BCUT2D eigenvalue weighted by Crippen LogP contribution is 2.51. The Balaban J connectivity index is 1.68. The predicted molar refractivity (Wildman–Crippen MR) is 110 cm³/mol. The third-order valence-electron chi connectivity index (χ3n) is 4.67. The summed E-state index contributed by atoms with van der Waals surface area (Å²) in [5.41, 5.74) is 0.615. The van der Waals surface area contributed by atoms with Gasteiger partial charge in [0.05, 0.1) is 32.5 Å². The molecule has 1 amide bonds. The number of amides is 1. The lowest BCUT2D eigenvalue weighted by Gasteiger charge is -2.31. The summed E-state index contributed by atoms with van der Waals surface area (Å²) in [6, 6.07) is 17.8. The topological polar surface area (TPSA) is 94.5 Å². The van der Waals surface area contributed by atoms with Crippen LogP contribution in [0.4, 0.5) is 4.79 Å². The number of phosphoric acid groups is 1. The van der Waals surface area contributed by atoms with Gasteiger partial charge in [-0.05, 0) is 25.0 Å². The molecule has 1 saturated heterocycles. The first-order valence-electron chi connectivity index (χ1n) is 9.57. The molecule has 9 heteroatoms. The quantitative estimate of drug-likeness (QED) is 0.573. The van der Waals surface area contributed by atoms with Crippen LogP contribution in [0.3, 0.4) is 0 Å². The Morgan fingerprint density at radius 2 is 1.53 bits per heavy atom. The maximum atomic E-state index is 13.3. The molecule has 30 heavy (non-hydrogen) atoms. The second-order valence-electron chi connectivity index (χ2n) is 7.33. The maximum absolute atomic E-state index is 13.3. The average Bonchev–Trinajstić information content (AvgIpc) is 3.05. The normalized spacial score (nSPS) is 18.5. The average molecular weight is 435 g/mol. The molecule has 2 aromatic rings. The highest BCUT2D eigenvalue weighted by atomic mass is 31.2. The fourth-order valence-electron chi connectivity index (χ4n) is 3.14. The third kappa shape index (κ3) is 5.90. The van der Waals surface area contributed by atoms with Crippen LogP contribution >= 0.6 is 7.82 Å². The minimum atomic E-state index is -3.98. The Kier molecular flexibility index (Phi) is 7.28. The lowest BCUT2D eigenvalue weighted by atomic mass is 10.2. The number of benzene rings is 2. The van der Waals surface area contributed by atoms with Gasteiger partial charge in [-0.15, -0.1) is 0 Å². The van der Waals surface area contributed by atoms with Crippen molar-refractivity contribution in [3.63, 3.8) is 0 Å². The van der Waals surface area contributed by atoms with E-state index in [-0.39, 0.29) is 26.4 Å². The fourth-order valence-corrected chi connectivity index (χ4v) is 4.33. The predicted octanol–water partition coefficient (Wildman–Crippen LogP) is 4.66. The van der Waals surface area contributed by atoms with Crippen molar-refractivity contribution in [1.82, 2.24) is 4.90 Å². The molecule has 1 N–H and O–H groups in total. The van der Waals surface area contributed by atoms with Crippen LogP contribution in [0, 0.1) is 0 Å². The van der Waals surface area contributed by atoms with Crippen LogP contribution in [-0.2, 0) is 36.1 Å². The Labute approximate surface area is 175 Å². The van der Waals surface area contributed by atoms with Crippen molar-refractivity contribution in [3.05, 3.63) is 71.8 Å². The van der Waals surface area contributed by atoms with E-state index < -0.39 is 25.7 Å². The summed E-state index contributed by atoms with van der Waals surface area (Å²) in [6.45, 7) is 3.30. The van der Waals surface area contributed by atoms with Crippen molar-refractivity contribution in [2.45, 2.75) is 38.8 Å². The van der Waals surface area contributed by atoms with Gasteiger partial charge in [-0.1, -0.05) is 60.7 Å². The van der Waals surface area contributed by atoms with E-state index in [0.29, 0.717) is 0 Å². The molecule has 0 aliphatic carbocycles. The zero-order valence-corrected chi connectivity index (χ0v) is 17.9. The molecule has 1 aliphatic heterocycles. The summed E-state index contributed by atoms with van der Waals surface area (Å²) in [7, 11) is -3.98. The van der Waals surface area contributed by atoms with E-state index in [1.165, 1.54) is 0 Å². The van der Waals surface area contributed by atoms with Crippen LogP contribution in [0.1, 0.15) is 25.0 Å².